The molecule has 0 saturated heterocycles. The minimum absolute atomic E-state index is 0. The van der Waals surface area contributed by atoms with Crippen molar-refractivity contribution in [3.05, 3.63) is 0 Å². The predicted octanol–water partition coefficient (Wildman–Crippen LogP) is -0.671. The van der Waals surface area contributed by atoms with Gasteiger partial charge in [0.2, 0.25) is 0 Å². The zero-order valence-corrected chi connectivity index (χ0v) is 7.00. The van der Waals surface area contributed by atoms with Crippen LogP contribution < -0.4 is 0 Å². The van der Waals surface area contributed by atoms with Crippen molar-refractivity contribution in [1.29, 1.82) is 0 Å². The average Bonchev–Trinajstić information content (AvgIpc) is 0.811. The van der Waals surface area contributed by atoms with E-state index in [2.05, 4.69) is 0 Å². The first-order valence-corrected chi connectivity index (χ1v) is 0.928. The maximum atomic E-state index is 9.00. The second-order valence-corrected chi connectivity index (χ2v) is 0.519. The maximum Gasteiger partial charge on any atom is 0.300 e. The normalized spacial score (nSPS) is 4.17. The molecule has 0 bridgehead atoms. The number of carbonyl (C=O) groups is 1. The van der Waals surface area contributed by atoms with Crippen LogP contribution in [-0.4, -0.2) is 47.0 Å². The molecular formula is C2H4As2O2. The SMILES string of the molecule is CC(=O)O.[As].[As]. The summed E-state index contributed by atoms with van der Waals surface area (Å²) >= 11 is 0. The molecule has 0 saturated carbocycles. The summed E-state index contributed by atoms with van der Waals surface area (Å²) in [6.45, 7) is 1.08. The molecule has 0 aliphatic heterocycles. The second-order valence-electron chi connectivity index (χ2n) is 0.519. The quantitative estimate of drug-likeness (QED) is 0.538. The summed E-state index contributed by atoms with van der Waals surface area (Å²) in [5, 5.41) is 7.42. The van der Waals surface area contributed by atoms with Crippen LogP contribution in [0, 0.1) is 0 Å². The fourth-order valence-electron chi connectivity index (χ4n) is 0. The third-order valence-electron chi connectivity index (χ3n) is 0. The Hall–Kier alpha value is 0.587. The van der Waals surface area contributed by atoms with Gasteiger partial charge in [-0.2, -0.15) is 0 Å². The fraction of sp³-hybridized carbons (Fsp3) is 0.500. The predicted molar refractivity (Wildman–Crippen MR) is 24.8 cm³/mol. The van der Waals surface area contributed by atoms with Gasteiger partial charge in [-0.05, 0) is 0 Å². The van der Waals surface area contributed by atoms with Crippen molar-refractivity contribution in [2.24, 2.45) is 0 Å². The van der Waals surface area contributed by atoms with Gasteiger partial charge in [0, 0.05) is 42.8 Å². The molecule has 6 heavy (non-hydrogen) atoms. The molecule has 0 heterocycles. The van der Waals surface area contributed by atoms with E-state index in [1.807, 2.05) is 0 Å². The monoisotopic (exact) mass is 210 g/mol. The van der Waals surface area contributed by atoms with Crippen molar-refractivity contribution >= 4 is 41.9 Å². The molecule has 0 fully saturated rings. The third kappa shape index (κ3) is 171. The topological polar surface area (TPSA) is 37.3 Å². The smallest absolute Gasteiger partial charge is 0.300 e. The van der Waals surface area contributed by atoms with E-state index in [0.29, 0.717) is 0 Å². The summed E-state index contributed by atoms with van der Waals surface area (Å²) in [4.78, 5) is 9.00. The summed E-state index contributed by atoms with van der Waals surface area (Å²) in [7, 11) is 0. The summed E-state index contributed by atoms with van der Waals surface area (Å²) in [6, 6.07) is 0. The van der Waals surface area contributed by atoms with Crippen LogP contribution in [0.3, 0.4) is 0 Å². The van der Waals surface area contributed by atoms with Gasteiger partial charge in [-0.25, -0.2) is 0 Å². The van der Waals surface area contributed by atoms with Gasteiger partial charge >= 0.3 is 0 Å². The van der Waals surface area contributed by atoms with Crippen molar-refractivity contribution in [2.45, 2.75) is 6.92 Å². The zero-order valence-electron chi connectivity index (χ0n) is 3.25. The van der Waals surface area contributed by atoms with Crippen molar-refractivity contribution in [3.63, 3.8) is 0 Å². The summed E-state index contributed by atoms with van der Waals surface area (Å²) in [5.74, 6) is -0.833. The van der Waals surface area contributed by atoms with Crippen molar-refractivity contribution in [3.8, 4) is 0 Å². The van der Waals surface area contributed by atoms with Gasteiger partial charge < -0.3 is 5.11 Å². The van der Waals surface area contributed by atoms with Gasteiger partial charge in [-0.1, -0.05) is 0 Å². The van der Waals surface area contributed by atoms with Crippen LogP contribution in [0.1, 0.15) is 6.92 Å². The maximum absolute atomic E-state index is 9.00. The Kier molecular flexibility index (Phi) is 24.3. The first-order chi connectivity index (χ1) is 1.73. The molecule has 0 aromatic carbocycles. The number of carboxylic acids is 1. The Bertz CT molecular complexity index is 32.5. The number of hydrogen-bond donors (Lipinski definition) is 1. The van der Waals surface area contributed by atoms with E-state index in [0.717, 1.165) is 6.92 Å². The summed E-state index contributed by atoms with van der Waals surface area (Å²) in [5.41, 5.74) is 0. The Morgan fingerprint density at radius 3 is 1.50 bits per heavy atom. The van der Waals surface area contributed by atoms with Crippen LogP contribution in [0.15, 0.2) is 0 Å². The van der Waals surface area contributed by atoms with Crippen LogP contribution in [-0.2, 0) is 4.79 Å². The molecule has 6 radical (unpaired) electrons. The van der Waals surface area contributed by atoms with E-state index < -0.39 is 5.97 Å². The molecule has 34 valence electrons. The molecule has 0 rings (SSSR count). The van der Waals surface area contributed by atoms with E-state index >= 15 is 0 Å². The van der Waals surface area contributed by atoms with Crippen LogP contribution in [0.4, 0.5) is 0 Å². The molecule has 1 N–H and O–H groups in total. The van der Waals surface area contributed by atoms with Crippen molar-refractivity contribution in [2.75, 3.05) is 0 Å². The van der Waals surface area contributed by atoms with Crippen LogP contribution in [0.25, 0.3) is 0 Å². The van der Waals surface area contributed by atoms with Crippen LogP contribution in [0.5, 0.6) is 0 Å². The molecule has 0 aromatic rings. The van der Waals surface area contributed by atoms with Crippen molar-refractivity contribution < 1.29 is 9.90 Å². The van der Waals surface area contributed by atoms with E-state index in [-0.39, 0.29) is 35.9 Å². The molecule has 0 aromatic heterocycles. The van der Waals surface area contributed by atoms with Gasteiger partial charge in [0.15, 0.2) is 0 Å². The average molecular weight is 210 g/mol. The molecule has 0 amide bonds. The van der Waals surface area contributed by atoms with Gasteiger partial charge in [-0.15, -0.1) is 0 Å². The van der Waals surface area contributed by atoms with Crippen molar-refractivity contribution in [1.82, 2.24) is 0 Å². The summed E-state index contributed by atoms with van der Waals surface area (Å²) < 4.78 is 0. The van der Waals surface area contributed by atoms with Gasteiger partial charge in [0.25, 0.3) is 5.97 Å². The Morgan fingerprint density at radius 2 is 1.50 bits per heavy atom. The largest absolute Gasteiger partial charge is 0.481 e. The van der Waals surface area contributed by atoms with E-state index in [1.54, 1.807) is 0 Å². The molecular weight excluding hydrogens is 206 g/mol. The Morgan fingerprint density at radius 1 is 1.50 bits per heavy atom. The number of aliphatic carboxylic acids is 1. The van der Waals surface area contributed by atoms with Gasteiger partial charge in [-0.3, -0.25) is 4.79 Å². The zero-order chi connectivity index (χ0) is 3.58. The van der Waals surface area contributed by atoms with E-state index in [9.17, 15) is 0 Å². The third-order valence-corrected chi connectivity index (χ3v) is 0. The van der Waals surface area contributed by atoms with Crippen LogP contribution >= 0.6 is 0 Å². The first-order valence-electron chi connectivity index (χ1n) is 0.928. The molecule has 2 nitrogen and oxygen atoms in total. The number of hydrogen-bond acceptors (Lipinski definition) is 1. The van der Waals surface area contributed by atoms with Gasteiger partial charge in [0.05, 0.1) is 0 Å². The summed E-state index contributed by atoms with van der Waals surface area (Å²) in [6.07, 6.45) is 0. The van der Waals surface area contributed by atoms with Crippen LogP contribution in [0.2, 0.25) is 0 Å². The number of rotatable bonds is 0. The minimum atomic E-state index is -0.833. The molecule has 0 atom stereocenters. The van der Waals surface area contributed by atoms with E-state index in [1.165, 1.54) is 0 Å². The second kappa shape index (κ2) is 9.14. The first kappa shape index (κ1) is 16.0. The number of carboxylic acid groups (broad SMARTS) is 1. The Balaban J connectivity index is -0.0000000450. The minimum Gasteiger partial charge on any atom is -0.481 e. The van der Waals surface area contributed by atoms with Gasteiger partial charge in [0.1, 0.15) is 0 Å². The molecule has 0 aliphatic carbocycles. The molecule has 0 aliphatic rings. The fourth-order valence-corrected chi connectivity index (χ4v) is 0. The molecule has 0 unspecified atom stereocenters. The molecule has 0 spiro atoms. The Labute approximate surface area is 58.9 Å². The van der Waals surface area contributed by atoms with E-state index in [4.69, 9.17) is 9.90 Å². The standard InChI is InChI=1S/C2H4O2.2As/c1-2(3)4;;/h1H3,(H,3,4);;. The molecule has 4 heteroatoms.